The number of ether oxygens (including phenoxy) is 2. The number of hydrogen-bond donors (Lipinski definition) is 0. The molecule has 3 nitrogen and oxygen atoms in total. The third-order valence-corrected chi connectivity index (χ3v) is 4.37. The number of carbonyl (C=O) groups excluding carboxylic acids is 1. The van der Waals surface area contributed by atoms with Gasteiger partial charge in [0.05, 0.1) is 12.7 Å². The minimum Gasteiger partial charge on any atom is -0.464 e. The Kier molecular flexibility index (Phi) is 5.90. The zero-order valence-corrected chi connectivity index (χ0v) is 12.0. The van der Waals surface area contributed by atoms with E-state index < -0.39 is 0 Å². The lowest BCUT2D eigenvalue weighted by atomic mass is 9.85. The highest BCUT2D eigenvalue weighted by atomic mass is 16.6. The van der Waals surface area contributed by atoms with Crippen LogP contribution in [0.15, 0.2) is 12.2 Å². The van der Waals surface area contributed by atoms with Crippen molar-refractivity contribution >= 4 is 5.97 Å². The lowest BCUT2D eigenvalue weighted by Gasteiger charge is -2.25. The third kappa shape index (κ3) is 4.98. The molecule has 2 atom stereocenters. The van der Waals surface area contributed by atoms with Gasteiger partial charge in [0.15, 0.2) is 0 Å². The summed E-state index contributed by atoms with van der Waals surface area (Å²) in [6, 6.07) is 0. The highest BCUT2D eigenvalue weighted by Gasteiger charge is 2.21. The molecule has 108 valence electrons. The number of esters is 1. The first-order valence-corrected chi connectivity index (χ1v) is 7.68. The van der Waals surface area contributed by atoms with E-state index in [0.29, 0.717) is 18.4 Å². The SMILES string of the molecule is CC1CC=CCC1COC(=O)COC1CCCCC1. The van der Waals surface area contributed by atoms with Crippen molar-refractivity contribution in [2.45, 2.75) is 58.0 Å². The molecule has 0 aliphatic heterocycles. The van der Waals surface area contributed by atoms with Crippen LogP contribution < -0.4 is 0 Å². The van der Waals surface area contributed by atoms with E-state index in [9.17, 15) is 4.79 Å². The molecule has 0 aromatic carbocycles. The summed E-state index contributed by atoms with van der Waals surface area (Å²) in [5.74, 6) is 0.882. The van der Waals surface area contributed by atoms with Crippen LogP contribution in [0.1, 0.15) is 51.9 Å². The fourth-order valence-corrected chi connectivity index (χ4v) is 2.90. The second-order valence-electron chi connectivity index (χ2n) is 5.93. The molecule has 3 heteroatoms. The van der Waals surface area contributed by atoms with E-state index in [4.69, 9.17) is 9.47 Å². The zero-order chi connectivity index (χ0) is 13.5. The quantitative estimate of drug-likeness (QED) is 0.564. The molecule has 0 aromatic rings. The summed E-state index contributed by atoms with van der Waals surface area (Å²) in [6.45, 7) is 2.89. The minimum absolute atomic E-state index is 0.127. The van der Waals surface area contributed by atoms with Crippen molar-refractivity contribution in [2.75, 3.05) is 13.2 Å². The first-order chi connectivity index (χ1) is 9.25. The molecule has 0 saturated heterocycles. The van der Waals surface area contributed by atoms with E-state index in [1.165, 1.54) is 19.3 Å². The molecule has 19 heavy (non-hydrogen) atoms. The summed E-state index contributed by atoms with van der Waals surface area (Å²) in [7, 11) is 0. The molecule has 0 N–H and O–H groups in total. The molecule has 1 fully saturated rings. The van der Waals surface area contributed by atoms with Crippen molar-refractivity contribution in [1.82, 2.24) is 0 Å². The lowest BCUT2D eigenvalue weighted by molar-refractivity contribution is -0.153. The lowest BCUT2D eigenvalue weighted by Crippen LogP contribution is -2.25. The van der Waals surface area contributed by atoms with Gasteiger partial charge in [0.2, 0.25) is 0 Å². The first kappa shape index (κ1) is 14.6. The van der Waals surface area contributed by atoms with Crippen molar-refractivity contribution in [3.8, 4) is 0 Å². The number of rotatable bonds is 5. The topological polar surface area (TPSA) is 35.5 Å². The molecule has 2 aliphatic rings. The van der Waals surface area contributed by atoms with Gasteiger partial charge in [-0.25, -0.2) is 4.79 Å². The smallest absolute Gasteiger partial charge is 0.332 e. The van der Waals surface area contributed by atoms with Crippen LogP contribution in [0.2, 0.25) is 0 Å². The summed E-state index contributed by atoms with van der Waals surface area (Å²) in [6.07, 6.45) is 12.8. The van der Waals surface area contributed by atoms with Crippen LogP contribution in [0.4, 0.5) is 0 Å². The third-order valence-electron chi connectivity index (χ3n) is 4.37. The van der Waals surface area contributed by atoms with Gasteiger partial charge in [-0.3, -0.25) is 0 Å². The van der Waals surface area contributed by atoms with Crippen molar-refractivity contribution in [3.05, 3.63) is 12.2 Å². The van der Waals surface area contributed by atoms with E-state index in [1.54, 1.807) is 0 Å². The average molecular weight is 266 g/mol. The highest BCUT2D eigenvalue weighted by molar-refractivity contribution is 5.70. The zero-order valence-electron chi connectivity index (χ0n) is 12.0. The fourth-order valence-electron chi connectivity index (χ4n) is 2.90. The molecule has 0 aromatic heterocycles. The molecular formula is C16H26O3. The van der Waals surface area contributed by atoms with Gasteiger partial charge in [0, 0.05) is 0 Å². The van der Waals surface area contributed by atoms with Gasteiger partial charge in [-0.1, -0.05) is 38.3 Å². The monoisotopic (exact) mass is 266 g/mol. The Morgan fingerprint density at radius 3 is 2.63 bits per heavy atom. The predicted octanol–water partition coefficient (Wildman–Crippen LogP) is 3.48. The molecule has 0 amide bonds. The maximum atomic E-state index is 11.7. The first-order valence-electron chi connectivity index (χ1n) is 7.68. The van der Waals surface area contributed by atoms with E-state index in [2.05, 4.69) is 19.1 Å². The van der Waals surface area contributed by atoms with Crippen LogP contribution in [0.25, 0.3) is 0 Å². The minimum atomic E-state index is -0.202. The fraction of sp³-hybridized carbons (Fsp3) is 0.812. The number of allylic oxidation sites excluding steroid dienone is 2. The second-order valence-corrected chi connectivity index (χ2v) is 5.93. The molecule has 0 spiro atoms. The summed E-state index contributed by atoms with van der Waals surface area (Å²) in [4.78, 5) is 11.7. The van der Waals surface area contributed by atoms with Crippen molar-refractivity contribution in [2.24, 2.45) is 11.8 Å². The number of carbonyl (C=O) groups is 1. The van der Waals surface area contributed by atoms with Crippen LogP contribution >= 0.6 is 0 Å². The Morgan fingerprint density at radius 1 is 1.16 bits per heavy atom. The molecule has 0 bridgehead atoms. The van der Waals surface area contributed by atoms with E-state index in [0.717, 1.165) is 25.7 Å². The van der Waals surface area contributed by atoms with Crippen LogP contribution in [-0.2, 0) is 14.3 Å². The molecule has 2 rings (SSSR count). The van der Waals surface area contributed by atoms with Crippen LogP contribution in [-0.4, -0.2) is 25.3 Å². The van der Waals surface area contributed by atoms with Gasteiger partial charge in [-0.2, -0.15) is 0 Å². The normalized spacial score (nSPS) is 28.3. The van der Waals surface area contributed by atoms with E-state index in [1.807, 2.05) is 0 Å². The molecule has 0 heterocycles. The molecule has 2 aliphatic carbocycles. The summed E-state index contributed by atoms with van der Waals surface area (Å²) >= 11 is 0. The average Bonchev–Trinajstić information content (AvgIpc) is 2.45. The number of hydrogen-bond acceptors (Lipinski definition) is 3. The largest absolute Gasteiger partial charge is 0.464 e. The van der Waals surface area contributed by atoms with E-state index in [-0.39, 0.29) is 18.7 Å². The molecule has 0 radical (unpaired) electrons. The van der Waals surface area contributed by atoms with Crippen LogP contribution in [0, 0.1) is 11.8 Å². The van der Waals surface area contributed by atoms with Gasteiger partial charge in [-0.15, -0.1) is 0 Å². The summed E-state index contributed by atoms with van der Waals surface area (Å²) in [5.41, 5.74) is 0. The Bertz CT molecular complexity index is 305. The standard InChI is InChI=1S/C16H26O3/c1-13-7-5-6-8-14(13)11-19-16(17)12-18-15-9-3-2-4-10-15/h5-6,13-15H,2-4,7-12H2,1H3. The van der Waals surface area contributed by atoms with Crippen LogP contribution in [0.3, 0.4) is 0 Å². The Morgan fingerprint density at radius 2 is 1.89 bits per heavy atom. The van der Waals surface area contributed by atoms with Gasteiger partial charge in [0.25, 0.3) is 0 Å². The summed E-state index contributed by atoms with van der Waals surface area (Å²) < 4.78 is 11.0. The van der Waals surface area contributed by atoms with Gasteiger partial charge < -0.3 is 9.47 Å². The Hall–Kier alpha value is -0.830. The van der Waals surface area contributed by atoms with Gasteiger partial charge >= 0.3 is 5.97 Å². The maximum Gasteiger partial charge on any atom is 0.332 e. The highest BCUT2D eigenvalue weighted by Crippen LogP contribution is 2.25. The Labute approximate surface area is 116 Å². The Balaban J connectivity index is 1.60. The maximum absolute atomic E-state index is 11.7. The van der Waals surface area contributed by atoms with Crippen molar-refractivity contribution in [3.63, 3.8) is 0 Å². The molecule has 2 unspecified atom stereocenters. The van der Waals surface area contributed by atoms with E-state index >= 15 is 0 Å². The van der Waals surface area contributed by atoms with Gasteiger partial charge in [0.1, 0.15) is 6.61 Å². The van der Waals surface area contributed by atoms with Gasteiger partial charge in [-0.05, 0) is 37.5 Å². The van der Waals surface area contributed by atoms with Crippen molar-refractivity contribution < 1.29 is 14.3 Å². The summed E-state index contributed by atoms with van der Waals surface area (Å²) in [5, 5.41) is 0. The predicted molar refractivity (Wildman–Crippen MR) is 74.8 cm³/mol. The molecular weight excluding hydrogens is 240 g/mol. The van der Waals surface area contributed by atoms with Crippen molar-refractivity contribution in [1.29, 1.82) is 0 Å². The molecule has 1 saturated carbocycles. The van der Waals surface area contributed by atoms with Crippen LogP contribution in [0.5, 0.6) is 0 Å². The second kappa shape index (κ2) is 7.68.